The van der Waals surface area contributed by atoms with Gasteiger partial charge in [0.05, 0.1) is 11.4 Å². The van der Waals surface area contributed by atoms with Gasteiger partial charge >= 0.3 is 0 Å². The Bertz CT molecular complexity index is 774. The molecule has 0 aliphatic rings. The molecule has 3 rings (SSSR count). The Morgan fingerprint density at radius 3 is 2.86 bits per heavy atom. The number of aryl methyl sites for hydroxylation is 2. The van der Waals surface area contributed by atoms with E-state index < -0.39 is 0 Å². The molecule has 0 bridgehead atoms. The molecular weight excluding hydrogens is 292 g/mol. The van der Waals surface area contributed by atoms with Gasteiger partial charge in [0.2, 0.25) is 11.7 Å². The third kappa shape index (κ3) is 2.84. The summed E-state index contributed by atoms with van der Waals surface area (Å²) in [6, 6.07) is 3.61. The Morgan fingerprint density at radius 1 is 1.33 bits per heavy atom. The topological polar surface area (TPSA) is 94.1 Å². The van der Waals surface area contributed by atoms with Gasteiger partial charge in [0.25, 0.3) is 5.91 Å². The maximum Gasteiger partial charge on any atom is 0.262 e. The number of hydrogen-bond acceptors (Lipinski definition) is 7. The van der Waals surface area contributed by atoms with Crippen LogP contribution >= 0.6 is 11.3 Å². The SMILES string of the molecule is Cc1cc(-c2noc(CNC(=O)c3sccc3C)n2)no1. The molecule has 3 aromatic rings. The van der Waals surface area contributed by atoms with E-state index in [2.05, 4.69) is 20.6 Å². The number of carbonyl (C=O) groups excluding carboxylic acids is 1. The Labute approximate surface area is 124 Å². The second-order valence-electron chi connectivity index (χ2n) is 4.45. The van der Waals surface area contributed by atoms with Gasteiger partial charge in [-0.05, 0) is 30.9 Å². The van der Waals surface area contributed by atoms with Crippen molar-refractivity contribution in [3.8, 4) is 11.5 Å². The van der Waals surface area contributed by atoms with Crippen LogP contribution in [0.5, 0.6) is 0 Å². The smallest absolute Gasteiger partial charge is 0.262 e. The molecule has 108 valence electrons. The van der Waals surface area contributed by atoms with Crippen LogP contribution in [0.1, 0.15) is 26.9 Å². The molecule has 0 saturated carbocycles. The van der Waals surface area contributed by atoms with Gasteiger partial charge in [-0.3, -0.25) is 4.79 Å². The predicted molar refractivity (Wildman–Crippen MR) is 74.8 cm³/mol. The molecule has 21 heavy (non-hydrogen) atoms. The molecule has 3 aromatic heterocycles. The molecule has 0 unspecified atom stereocenters. The number of nitrogens with zero attached hydrogens (tertiary/aromatic N) is 3. The van der Waals surface area contributed by atoms with Crippen molar-refractivity contribution in [2.45, 2.75) is 20.4 Å². The average Bonchev–Trinajstić information content (AvgIpc) is 3.16. The number of carbonyl (C=O) groups is 1. The van der Waals surface area contributed by atoms with E-state index in [1.54, 1.807) is 13.0 Å². The van der Waals surface area contributed by atoms with Gasteiger partial charge < -0.3 is 14.4 Å². The van der Waals surface area contributed by atoms with Gasteiger partial charge in [0.15, 0.2) is 5.69 Å². The first-order chi connectivity index (χ1) is 10.1. The fourth-order valence-corrected chi connectivity index (χ4v) is 2.59. The minimum atomic E-state index is -0.153. The zero-order chi connectivity index (χ0) is 14.8. The number of thiophene rings is 1. The van der Waals surface area contributed by atoms with E-state index in [4.69, 9.17) is 9.05 Å². The van der Waals surface area contributed by atoms with Gasteiger partial charge in [-0.1, -0.05) is 10.3 Å². The molecule has 0 aromatic carbocycles. The van der Waals surface area contributed by atoms with E-state index in [1.165, 1.54) is 11.3 Å². The number of hydrogen-bond donors (Lipinski definition) is 1. The summed E-state index contributed by atoms with van der Waals surface area (Å²) in [4.78, 5) is 16.8. The molecule has 0 aliphatic heterocycles. The van der Waals surface area contributed by atoms with Crippen molar-refractivity contribution >= 4 is 17.2 Å². The third-order valence-electron chi connectivity index (χ3n) is 2.79. The lowest BCUT2D eigenvalue weighted by atomic mass is 10.3. The van der Waals surface area contributed by atoms with Crippen molar-refractivity contribution in [3.63, 3.8) is 0 Å². The van der Waals surface area contributed by atoms with Crippen molar-refractivity contribution in [3.05, 3.63) is 39.6 Å². The maximum absolute atomic E-state index is 12.0. The summed E-state index contributed by atoms with van der Waals surface area (Å²) < 4.78 is 10.0. The standard InChI is InChI=1S/C13H12N4O3S/c1-7-3-4-21-11(7)13(18)14-6-10-15-12(17-20-10)9-5-8(2)19-16-9/h3-5H,6H2,1-2H3,(H,14,18). The molecule has 0 saturated heterocycles. The molecule has 0 radical (unpaired) electrons. The summed E-state index contributed by atoms with van der Waals surface area (Å²) in [5.41, 5.74) is 1.45. The van der Waals surface area contributed by atoms with Gasteiger partial charge in [0.1, 0.15) is 5.76 Å². The van der Waals surface area contributed by atoms with Gasteiger partial charge in [-0.25, -0.2) is 0 Å². The highest BCUT2D eigenvalue weighted by Crippen LogP contribution is 2.16. The van der Waals surface area contributed by atoms with Crippen LogP contribution in [-0.2, 0) is 6.54 Å². The summed E-state index contributed by atoms with van der Waals surface area (Å²) in [7, 11) is 0. The van der Waals surface area contributed by atoms with Crippen LogP contribution in [0.4, 0.5) is 0 Å². The van der Waals surface area contributed by atoms with E-state index >= 15 is 0 Å². The number of amides is 1. The zero-order valence-electron chi connectivity index (χ0n) is 11.4. The van der Waals surface area contributed by atoms with E-state index in [1.807, 2.05) is 18.4 Å². The Balaban J connectivity index is 1.65. The Hall–Kier alpha value is -2.48. The molecule has 0 spiro atoms. The van der Waals surface area contributed by atoms with Crippen LogP contribution in [0.3, 0.4) is 0 Å². The Kier molecular flexibility index (Phi) is 3.53. The van der Waals surface area contributed by atoms with Crippen LogP contribution in [0.25, 0.3) is 11.5 Å². The van der Waals surface area contributed by atoms with E-state index in [-0.39, 0.29) is 12.5 Å². The highest BCUT2D eigenvalue weighted by Gasteiger charge is 2.14. The Morgan fingerprint density at radius 2 is 2.19 bits per heavy atom. The minimum absolute atomic E-state index is 0.153. The fourth-order valence-electron chi connectivity index (χ4n) is 1.74. The lowest BCUT2D eigenvalue weighted by Crippen LogP contribution is -2.22. The third-order valence-corrected chi connectivity index (χ3v) is 3.81. The summed E-state index contributed by atoms with van der Waals surface area (Å²) in [5.74, 6) is 1.16. The normalized spacial score (nSPS) is 10.8. The van der Waals surface area contributed by atoms with Crippen molar-refractivity contribution in [2.24, 2.45) is 0 Å². The van der Waals surface area contributed by atoms with E-state index in [0.717, 1.165) is 5.56 Å². The largest absolute Gasteiger partial charge is 0.361 e. The molecule has 0 aliphatic carbocycles. The highest BCUT2D eigenvalue weighted by atomic mass is 32.1. The van der Waals surface area contributed by atoms with Crippen LogP contribution < -0.4 is 5.32 Å². The molecule has 3 heterocycles. The van der Waals surface area contributed by atoms with E-state index in [9.17, 15) is 4.79 Å². The van der Waals surface area contributed by atoms with Crippen molar-refractivity contribution in [2.75, 3.05) is 0 Å². The van der Waals surface area contributed by atoms with E-state index in [0.29, 0.717) is 28.0 Å². The monoisotopic (exact) mass is 304 g/mol. The first kappa shape index (κ1) is 13.5. The lowest BCUT2D eigenvalue weighted by molar-refractivity contribution is 0.0950. The number of nitrogens with one attached hydrogen (secondary N) is 1. The van der Waals surface area contributed by atoms with Crippen molar-refractivity contribution in [1.29, 1.82) is 0 Å². The summed E-state index contributed by atoms with van der Waals surface area (Å²) >= 11 is 1.40. The molecule has 0 atom stereocenters. The zero-order valence-corrected chi connectivity index (χ0v) is 12.2. The quantitative estimate of drug-likeness (QED) is 0.795. The summed E-state index contributed by atoms with van der Waals surface area (Å²) in [5, 5.41) is 12.2. The molecule has 0 fully saturated rings. The molecule has 8 heteroatoms. The lowest BCUT2D eigenvalue weighted by Gasteiger charge is -2.00. The second-order valence-corrected chi connectivity index (χ2v) is 5.37. The average molecular weight is 304 g/mol. The summed E-state index contributed by atoms with van der Waals surface area (Å²) in [6.45, 7) is 3.84. The van der Waals surface area contributed by atoms with Crippen molar-refractivity contribution < 1.29 is 13.8 Å². The first-order valence-corrected chi connectivity index (χ1v) is 7.10. The molecule has 1 amide bonds. The molecular formula is C13H12N4O3S. The van der Waals surface area contributed by atoms with Gasteiger partial charge in [-0.2, -0.15) is 4.98 Å². The predicted octanol–water partition coefficient (Wildman–Crippen LogP) is 2.33. The van der Waals surface area contributed by atoms with Crippen LogP contribution in [-0.4, -0.2) is 21.2 Å². The molecule has 7 nitrogen and oxygen atoms in total. The fraction of sp³-hybridized carbons (Fsp3) is 0.231. The highest BCUT2D eigenvalue weighted by molar-refractivity contribution is 7.12. The minimum Gasteiger partial charge on any atom is -0.361 e. The van der Waals surface area contributed by atoms with Crippen molar-refractivity contribution in [1.82, 2.24) is 20.6 Å². The number of rotatable bonds is 4. The van der Waals surface area contributed by atoms with Crippen LogP contribution in [0, 0.1) is 13.8 Å². The second kappa shape index (κ2) is 5.49. The number of aromatic nitrogens is 3. The first-order valence-electron chi connectivity index (χ1n) is 6.22. The van der Waals surface area contributed by atoms with Gasteiger partial charge in [-0.15, -0.1) is 11.3 Å². The molecule has 1 N–H and O–H groups in total. The van der Waals surface area contributed by atoms with Crippen LogP contribution in [0.15, 0.2) is 26.6 Å². The van der Waals surface area contributed by atoms with Crippen LogP contribution in [0.2, 0.25) is 0 Å². The van der Waals surface area contributed by atoms with Gasteiger partial charge in [0, 0.05) is 6.07 Å². The summed E-state index contributed by atoms with van der Waals surface area (Å²) in [6.07, 6.45) is 0. The maximum atomic E-state index is 12.0.